The van der Waals surface area contributed by atoms with E-state index in [-0.39, 0.29) is 23.3 Å². The molecule has 1 saturated heterocycles. The quantitative estimate of drug-likeness (QED) is 0.665. The van der Waals surface area contributed by atoms with Gasteiger partial charge in [0.25, 0.3) is 0 Å². The van der Waals surface area contributed by atoms with Gasteiger partial charge in [-0.25, -0.2) is 4.98 Å². The lowest BCUT2D eigenvalue weighted by atomic mass is 9.86. The molecule has 0 spiro atoms. The van der Waals surface area contributed by atoms with Crippen molar-refractivity contribution >= 4 is 23.2 Å². The topological polar surface area (TPSA) is 83.6 Å². The Morgan fingerprint density at radius 3 is 2.69 bits per heavy atom. The molecule has 174 valence electrons. The highest BCUT2D eigenvalue weighted by Gasteiger charge is 2.40. The van der Waals surface area contributed by atoms with Gasteiger partial charge in [-0.05, 0) is 43.9 Å². The first-order chi connectivity index (χ1) is 15.2. The van der Waals surface area contributed by atoms with Crippen LogP contribution in [-0.2, 0) is 16.1 Å². The van der Waals surface area contributed by atoms with Crippen molar-refractivity contribution in [3.8, 4) is 16.2 Å². The summed E-state index contributed by atoms with van der Waals surface area (Å²) in [6, 6.07) is 5.21. The number of hydrogen-bond donors (Lipinski definition) is 2. The molecule has 0 aliphatic carbocycles. The number of rotatable bonds is 7. The molecule has 32 heavy (non-hydrogen) atoms. The number of carbonyl (C=O) groups is 2. The molecule has 7 nitrogen and oxygen atoms in total. The van der Waals surface area contributed by atoms with E-state index in [4.69, 9.17) is 4.74 Å². The molecule has 1 fully saturated rings. The molecule has 8 heteroatoms. The summed E-state index contributed by atoms with van der Waals surface area (Å²) < 4.78 is 5.58. The van der Waals surface area contributed by atoms with E-state index in [9.17, 15) is 9.59 Å². The van der Waals surface area contributed by atoms with E-state index in [0.29, 0.717) is 19.5 Å². The van der Waals surface area contributed by atoms with Crippen molar-refractivity contribution in [3.05, 3.63) is 35.0 Å². The number of nitrogens with one attached hydrogen (secondary N) is 2. The molecular weight excluding hydrogens is 424 g/mol. The van der Waals surface area contributed by atoms with Gasteiger partial charge in [0, 0.05) is 18.7 Å². The highest BCUT2D eigenvalue weighted by molar-refractivity contribution is 7.13. The molecule has 2 unspecified atom stereocenters. The van der Waals surface area contributed by atoms with Gasteiger partial charge in [-0.3, -0.25) is 9.59 Å². The predicted octanol–water partition coefficient (Wildman–Crippen LogP) is 3.37. The SMILES string of the molecule is CNC(C(=O)N1CCCC1C(=O)NCc1ccc(-c2scnc2C)cc1OC)C(C)(C)C. The van der Waals surface area contributed by atoms with Crippen molar-refractivity contribution in [2.75, 3.05) is 20.7 Å². The molecule has 1 aromatic heterocycles. The van der Waals surface area contributed by atoms with Gasteiger partial charge in [-0.1, -0.05) is 32.9 Å². The molecule has 1 aliphatic rings. The largest absolute Gasteiger partial charge is 0.496 e. The van der Waals surface area contributed by atoms with Crippen LogP contribution in [0.15, 0.2) is 23.7 Å². The monoisotopic (exact) mass is 458 g/mol. The normalized spacial score (nSPS) is 17.3. The third kappa shape index (κ3) is 5.13. The van der Waals surface area contributed by atoms with Gasteiger partial charge in [0.1, 0.15) is 11.8 Å². The van der Waals surface area contributed by atoms with Gasteiger partial charge >= 0.3 is 0 Å². The van der Waals surface area contributed by atoms with E-state index in [1.54, 1.807) is 30.4 Å². The van der Waals surface area contributed by atoms with E-state index in [2.05, 4.69) is 15.6 Å². The summed E-state index contributed by atoms with van der Waals surface area (Å²) in [5, 5.41) is 6.15. The first-order valence-electron chi connectivity index (χ1n) is 11.0. The molecule has 2 amide bonds. The molecule has 3 rings (SSSR count). The Hall–Kier alpha value is -2.45. The summed E-state index contributed by atoms with van der Waals surface area (Å²) in [6.45, 7) is 9.02. The highest BCUT2D eigenvalue weighted by Crippen LogP contribution is 2.32. The summed E-state index contributed by atoms with van der Waals surface area (Å²) in [6.07, 6.45) is 1.51. The summed E-state index contributed by atoms with van der Waals surface area (Å²) in [4.78, 5) is 33.3. The maximum absolute atomic E-state index is 13.1. The van der Waals surface area contributed by atoms with Crippen molar-refractivity contribution in [3.63, 3.8) is 0 Å². The maximum Gasteiger partial charge on any atom is 0.243 e. The maximum atomic E-state index is 13.1. The van der Waals surface area contributed by atoms with Crippen molar-refractivity contribution < 1.29 is 14.3 Å². The van der Waals surface area contributed by atoms with Crippen LogP contribution in [0.5, 0.6) is 5.75 Å². The summed E-state index contributed by atoms with van der Waals surface area (Å²) in [7, 11) is 3.42. The van der Waals surface area contributed by atoms with Crippen molar-refractivity contribution in [1.29, 1.82) is 0 Å². The second-order valence-electron chi connectivity index (χ2n) is 9.29. The van der Waals surface area contributed by atoms with Crippen molar-refractivity contribution in [2.24, 2.45) is 5.41 Å². The number of aryl methyl sites for hydroxylation is 1. The molecule has 2 heterocycles. The third-order valence-electron chi connectivity index (χ3n) is 5.99. The zero-order chi connectivity index (χ0) is 23.5. The number of carbonyl (C=O) groups excluding carboxylic acids is 2. The standard InChI is InChI=1S/C24H34N4O3S/c1-15-20(32-14-27-15)16-9-10-17(19(12-16)31-6)13-26-22(29)18-8-7-11-28(18)23(30)21(25-5)24(2,3)4/h9-10,12,14,18,21,25H,7-8,11,13H2,1-6H3,(H,26,29). The molecule has 2 atom stereocenters. The van der Waals surface area contributed by atoms with Crippen LogP contribution in [0.4, 0.5) is 0 Å². The van der Waals surface area contributed by atoms with Gasteiger partial charge in [0.15, 0.2) is 0 Å². The molecule has 1 aromatic carbocycles. The lowest BCUT2D eigenvalue weighted by Crippen LogP contribution is -2.55. The number of benzene rings is 1. The van der Waals surface area contributed by atoms with Crippen LogP contribution in [-0.4, -0.2) is 54.5 Å². The first-order valence-corrected chi connectivity index (χ1v) is 11.9. The Morgan fingerprint density at radius 2 is 2.09 bits per heavy atom. The Morgan fingerprint density at radius 1 is 1.34 bits per heavy atom. The second-order valence-corrected chi connectivity index (χ2v) is 10.1. The molecule has 0 bridgehead atoms. The zero-order valence-corrected chi connectivity index (χ0v) is 20.6. The minimum absolute atomic E-state index is 0.0143. The number of ether oxygens (including phenoxy) is 1. The first kappa shape index (κ1) is 24.2. The van der Waals surface area contributed by atoms with Crippen LogP contribution in [0.3, 0.4) is 0 Å². The number of nitrogens with zero attached hydrogens (tertiary/aromatic N) is 2. The number of thiazole rings is 1. The fraction of sp³-hybridized carbons (Fsp3) is 0.542. The lowest BCUT2D eigenvalue weighted by molar-refractivity contribution is -0.142. The van der Waals surface area contributed by atoms with Crippen LogP contribution in [0.1, 0.15) is 44.9 Å². The average molecular weight is 459 g/mol. The minimum atomic E-state index is -0.439. The Bertz CT molecular complexity index is 966. The molecular formula is C24H34N4O3S. The highest BCUT2D eigenvalue weighted by atomic mass is 32.1. The summed E-state index contributed by atoms with van der Waals surface area (Å²) >= 11 is 1.59. The van der Waals surface area contributed by atoms with Crippen molar-refractivity contribution in [2.45, 2.75) is 59.2 Å². The van der Waals surface area contributed by atoms with E-state index < -0.39 is 6.04 Å². The van der Waals surface area contributed by atoms with E-state index in [0.717, 1.165) is 33.9 Å². The molecule has 0 saturated carbocycles. The number of likely N-dealkylation sites (tertiary alicyclic amines) is 1. The number of aromatic nitrogens is 1. The van der Waals surface area contributed by atoms with E-state index >= 15 is 0 Å². The second kappa shape index (κ2) is 10.0. The fourth-order valence-corrected chi connectivity index (χ4v) is 5.11. The Kier molecular flexibility index (Phi) is 7.56. The van der Waals surface area contributed by atoms with Crippen LogP contribution in [0.25, 0.3) is 10.4 Å². The number of hydrogen-bond acceptors (Lipinski definition) is 6. The predicted molar refractivity (Wildman–Crippen MR) is 128 cm³/mol. The number of amides is 2. The third-order valence-corrected chi connectivity index (χ3v) is 6.97. The van der Waals surface area contributed by atoms with Crippen LogP contribution < -0.4 is 15.4 Å². The van der Waals surface area contributed by atoms with Gasteiger partial charge < -0.3 is 20.3 Å². The van der Waals surface area contributed by atoms with Gasteiger partial charge in [-0.2, -0.15) is 0 Å². The van der Waals surface area contributed by atoms with Gasteiger partial charge in [-0.15, -0.1) is 11.3 Å². The average Bonchev–Trinajstić information content (AvgIpc) is 3.40. The molecule has 2 aromatic rings. The van der Waals surface area contributed by atoms with E-state index in [1.165, 1.54) is 0 Å². The Labute approximate surface area is 194 Å². The molecule has 2 N–H and O–H groups in total. The van der Waals surface area contributed by atoms with E-state index in [1.807, 2.05) is 51.4 Å². The minimum Gasteiger partial charge on any atom is -0.496 e. The Balaban J connectivity index is 1.69. The fourth-order valence-electron chi connectivity index (χ4n) is 4.31. The van der Waals surface area contributed by atoms with Crippen LogP contribution >= 0.6 is 11.3 Å². The number of methoxy groups -OCH3 is 1. The van der Waals surface area contributed by atoms with Crippen LogP contribution in [0.2, 0.25) is 0 Å². The number of likely N-dealkylation sites (N-methyl/N-ethyl adjacent to an activating group) is 1. The smallest absolute Gasteiger partial charge is 0.243 e. The van der Waals surface area contributed by atoms with Gasteiger partial charge in [0.05, 0.1) is 29.2 Å². The summed E-state index contributed by atoms with van der Waals surface area (Å²) in [5.41, 5.74) is 4.52. The lowest BCUT2D eigenvalue weighted by Gasteiger charge is -2.34. The van der Waals surface area contributed by atoms with Crippen LogP contribution in [0, 0.1) is 12.3 Å². The van der Waals surface area contributed by atoms with Gasteiger partial charge in [0.2, 0.25) is 11.8 Å². The zero-order valence-electron chi connectivity index (χ0n) is 19.8. The summed E-state index contributed by atoms with van der Waals surface area (Å²) in [5.74, 6) is 0.585. The molecule has 1 aliphatic heterocycles. The molecule has 0 radical (unpaired) electrons. The van der Waals surface area contributed by atoms with Crippen molar-refractivity contribution in [1.82, 2.24) is 20.5 Å².